The van der Waals surface area contributed by atoms with E-state index in [2.05, 4.69) is 22.9 Å². The van der Waals surface area contributed by atoms with Crippen LogP contribution in [-0.2, 0) is 4.79 Å². The fourth-order valence-electron chi connectivity index (χ4n) is 3.06. The molecule has 1 amide bonds. The number of piperazine rings is 1. The van der Waals surface area contributed by atoms with Crippen molar-refractivity contribution in [3.05, 3.63) is 34.7 Å². The molecule has 2 heterocycles. The molecule has 27 heavy (non-hydrogen) atoms. The van der Waals surface area contributed by atoms with Crippen molar-refractivity contribution < 1.29 is 14.4 Å². The molecule has 6 nitrogen and oxygen atoms in total. The van der Waals surface area contributed by atoms with Gasteiger partial charge in [-0.15, -0.1) is 0 Å². The van der Waals surface area contributed by atoms with Gasteiger partial charge in [0.25, 0.3) is 5.91 Å². The molecule has 7 heteroatoms. The van der Waals surface area contributed by atoms with Gasteiger partial charge in [-0.1, -0.05) is 19.1 Å². The summed E-state index contributed by atoms with van der Waals surface area (Å²) in [5.74, 6) is 0.679. The minimum absolute atomic E-state index is 0.166. The molecule has 1 aromatic rings. The van der Waals surface area contributed by atoms with Gasteiger partial charge in [0.15, 0.2) is 5.17 Å². The summed E-state index contributed by atoms with van der Waals surface area (Å²) in [4.78, 5) is 20.8. The van der Waals surface area contributed by atoms with Crippen molar-refractivity contribution in [2.24, 2.45) is 4.99 Å². The van der Waals surface area contributed by atoms with Crippen LogP contribution in [0.4, 0.5) is 0 Å². The van der Waals surface area contributed by atoms with Crippen LogP contribution in [0.1, 0.15) is 25.3 Å². The average Bonchev–Trinajstić information content (AvgIpc) is 3.06. The van der Waals surface area contributed by atoms with Gasteiger partial charge in [0.2, 0.25) is 0 Å². The third-order valence-electron chi connectivity index (χ3n) is 4.59. The first-order chi connectivity index (χ1) is 13.2. The summed E-state index contributed by atoms with van der Waals surface area (Å²) in [6.07, 6.45) is 3.46. The molecule has 0 spiro atoms. The van der Waals surface area contributed by atoms with E-state index in [-0.39, 0.29) is 5.91 Å². The first-order valence-electron chi connectivity index (χ1n) is 9.40. The lowest BCUT2D eigenvalue weighted by Gasteiger charge is -2.32. The number of nitriles is 1. The van der Waals surface area contributed by atoms with Gasteiger partial charge in [-0.25, -0.2) is 0 Å². The SMILES string of the molecule is CCCOc1ccc(/C=C2/SC(N3CC[NH+](CCC#N)CC3)=NC2=O)cc1. The van der Waals surface area contributed by atoms with Crippen molar-refractivity contribution in [2.45, 2.75) is 19.8 Å². The third kappa shape index (κ3) is 5.34. The number of thioether (sulfide) groups is 1. The Morgan fingerprint density at radius 1 is 1.33 bits per heavy atom. The number of nitrogens with zero attached hydrogens (tertiary/aromatic N) is 3. The fraction of sp³-hybridized carbons (Fsp3) is 0.450. The molecule has 0 radical (unpaired) electrons. The number of amides is 1. The molecule has 1 aromatic carbocycles. The van der Waals surface area contributed by atoms with Crippen LogP contribution < -0.4 is 9.64 Å². The summed E-state index contributed by atoms with van der Waals surface area (Å²) in [5, 5.41) is 9.51. The van der Waals surface area contributed by atoms with Gasteiger partial charge < -0.3 is 14.5 Å². The minimum Gasteiger partial charge on any atom is -0.494 e. The zero-order valence-electron chi connectivity index (χ0n) is 15.6. The van der Waals surface area contributed by atoms with E-state index in [0.717, 1.165) is 55.6 Å². The minimum atomic E-state index is -0.166. The van der Waals surface area contributed by atoms with Crippen LogP contribution in [0.15, 0.2) is 34.2 Å². The maximum Gasteiger partial charge on any atom is 0.286 e. The lowest BCUT2D eigenvalue weighted by atomic mass is 10.2. The number of benzene rings is 1. The maximum atomic E-state index is 12.3. The normalized spacial score (nSPS) is 19.3. The molecule has 1 saturated heterocycles. The Kier molecular flexibility index (Phi) is 6.91. The summed E-state index contributed by atoms with van der Waals surface area (Å²) in [6.45, 7) is 7.38. The van der Waals surface area contributed by atoms with E-state index in [9.17, 15) is 4.79 Å². The number of amidine groups is 1. The van der Waals surface area contributed by atoms with Crippen molar-refractivity contribution >= 4 is 28.9 Å². The Bertz CT molecular complexity index is 759. The van der Waals surface area contributed by atoms with Crippen molar-refractivity contribution in [2.75, 3.05) is 39.3 Å². The van der Waals surface area contributed by atoms with Crippen LogP contribution in [0.25, 0.3) is 6.08 Å². The summed E-state index contributed by atoms with van der Waals surface area (Å²) in [6, 6.07) is 9.98. The van der Waals surface area contributed by atoms with E-state index < -0.39 is 0 Å². The summed E-state index contributed by atoms with van der Waals surface area (Å²) >= 11 is 1.45. The first kappa shape index (κ1) is 19.5. The van der Waals surface area contributed by atoms with Gasteiger partial charge in [0, 0.05) is 0 Å². The molecule has 0 aromatic heterocycles. The second-order valence-electron chi connectivity index (χ2n) is 6.62. The zero-order chi connectivity index (χ0) is 19.1. The monoisotopic (exact) mass is 385 g/mol. The highest BCUT2D eigenvalue weighted by atomic mass is 32.2. The molecule has 0 atom stereocenters. The van der Waals surface area contributed by atoms with Crippen LogP contribution >= 0.6 is 11.8 Å². The largest absolute Gasteiger partial charge is 0.494 e. The van der Waals surface area contributed by atoms with Crippen molar-refractivity contribution in [3.63, 3.8) is 0 Å². The van der Waals surface area contributed by atoms with Gasteiger partial charge in [-0.3, -0.25) is 4.79 Å². The number of rotatable bonds is 6. The lowest BCUT2D eigenvalue weighted by Crippen LogP contribution is -3.14. The predicted molar refractivity (Wildman–Crippen MR) is 108 cm³/mol. The predicted octanol–water partition coefficient (Wildman–Crippen LogP) is 1.56. The van der Waals surface area contributed by atoms with Crippen LogP contribution in [0.3, 0.4) is 0 Å². The maximum absolute atomic E-state index is 12.3. The van der Waals surface area contributed by atoms with Crippen molar-refractivity contribution in [1.29, 1.82) is 5.26 Å². The van der Waals surface area contributed by atoms with E-state index in [1.54, 1.807) is 0 Å². The molecule has 2 aliphatic heterocycles. The number of hydrogen-bond acceptors (Lipinski definition) is 5. The molecule has 0 aliphatic carbocycles. The summed E-state index contributed by atoms with van der Waals surface area (Å²) < 4.78 is 5.59. The van der Waals surface area contributed by atoms with Crippen LogP contribution in [0, 0.1) is 11.3 Å². The summed E-state index contributed by atoms with van der Waals surface area (Å²) in [7, 11) is 0. The number of quaternary nitrogens is 1. The van der Waals surface area contributed by atoms with Gasteiger partial charge >= 0.3 is 0 Å². The Labute approximate surface area is 164 Å². The quantitative estimate of drug-likeness (QED) is 0.753. The van der Waals surface area contributed by atoms with Crippen LogP contribution in [0.5, 0.6) is 5.75 Å². The standard InChI is InChI=1S/C20H24N4O2S/c1-2-14-26-17-6-4-16(5-7-17)15-18-19(25)22-20(27-18)24-12-10-23(11-13-24)9-3-8-21/h4-7,15H,2-3,9-14H2,1H3/p+1/b18-15+. The van der Waals surface area contributed by atoms with E-state index in [0.29, 0.717) is 17.9 Å². The van der Waals surface area contributed by atoms with Crippen LogP contribution in [-0.4, -0.2) is 55.3 Å². The molecule has 0 unspecified atom stereocenters. The number of carbonyl (C=O) groups excluding carboxylic acids is 1. The Balaban J connectivity index is 1.56. The highest BCUT2D eigenvalue weighted by Crippen LogP contribution is 2.30. The topological polar surface area (TPSA) is 70.1 Å². The number of aliphatic imine (C=N–C) groups is 1. The van der Waals surface area contributed by atoms with E-state index in [4.69, 9.17) is 10.00 Å². The molecule has 3 rings (SSSR count). The average molecular weight is 386 g/mol. The van der Waals surface area contributed by atoms with E-state index >= 15 is 0 Å². The Morgan fingerprint density at radius 3 is 2.74 bits per heavy atom. The highest BCUT2D eigenvalue weighted by molar-refractivity contribution is 8.18. The second-order valence-corrected chi connectivity index (χ2v) is 7.63. The molecule has 142 valence electrons. The number of carbonyl (C=O) groups is 1. The molecular formula is C20H25N4O2S+. The first-order valence-corrected chi connectivity index (χ1v) is 10.2. The van der Waals surface area contributed by atoms with E-state index in [1.165, 1.54) is 16.7 Å². The summed E-state index contributed by atoms with van der Waals surface area (Å²) in [5.41, 5.74) is 0.969. The highest BCUT2D eigenvalue weighted by Gasteiger charge is 2.29. The molecule has 1 fully saturated rings. The molecule has 0 bridgehead atoms. The molecule has 0 saturated carbocycles. The number of nitrogens with one attached hydrogen (secondary N) is 1. The van der Waals surface area contributed by atoms with Gasteiger partial charge in [0.1, 0.15) is 5.75 Å². The molecule has 1 N–H and O–H groups in total. The van der Waals surface area contributed by atoms with Gasteiger partial charge in [0.05, 0.1) is 56.7 Å². The smallest absolute Gasteiger partial charge is 0.286 e. The zero-order valence-corrected chi connectivity index (χ0v) is 16.4. The molecular weight excluding hydrogens is 360 g/mol. The van der Waals surface area contributed by atoms with Crippen molar-refractivity contribution in [3.8, 4) is 11.8 Å². The Morgan fingerprint density at radius 2 is 2.07 bits per heavy atom. The van der Waals surface area contributed by atoms with Gasteiger partial charge in [-0.2, -0.15) is 10.3 Å². The number of ether oxygens (including phenoxy) is 1. The van der Waals surface area contributed by atoms with Crippen molar-refractivity contribution in [1.82, 2.24) is 4.90 Å². The second kappa shape index (κ2) is 9.58. The lowest BCUT2D eigenvalue weighted by molar-refractivity contribution is -0.903. The van der Waals surface area contributed by atoms with Crippen LogP contribution in [0.2, 0.25) is 0 Å². The Hall–Kier alpha value is -2.30. The third-order valence-corrected chi connectivity index (χ3v) is 5.64. The fourth-order valence-corrected chi connectivity index (χ4v) is 4.03. The van der Waals surface area contributed by atoms with E-state index in [1.807, 2.05) is 30.3 Å². The number of hydrogen-bond donors (Lipinski definition) is 1. The molecule has 2 aliphatic rings. The van der Waals surface area contributed by atoms with Gasteiger partial charge in [-0.05, 0) is 42.0 Å².